The number of carbonyl (C=O) groups is 1. The van der Waals surface area contributed by atoms with Crippen LogP contribution >= 0.6 is 0 Å². The molecule has 2 atom stereocenters. The van der Waals surface area contributed by atoms with Crippen molar-refractivity contribution in [1.29, 1.82) is 0 Å². The molecule has 92 valence electrons. The molecule has 1 aromatic carbocycles. The van der Waals surface area contributed by atoms with Gasteiger partial charge < -0.3 is 5.11 Å². The maximum Gasteiger partial charge on any atom is 0.239 e. The highest BCUT2D eigenvalue weighted by atomic mass is 16.3. The Morgan fingerprint density at radius 2 is 2.11 bits per heavy atom. The molecule has 0 saturated carbocycles. The van der Waals surface area contributed by atoms with Gasteiger partial charge in [0.1, 0.15) is 6.73 Å². The van der Waals surface area contributed by atoms with E-state index < -0.39 is 5.41 Å². The summed E-state index contributed by atoms with van der Waals surface area (Å²) in [4.78, 5) is 14.0. The van der Waals surface area contributed by atoms with Crippen molar-refractivity contribution in [3.05, 3.63) is 54.1 Å². The number of fused-ring (bicyclic) bond motifs is 3. The molecular weight excluding hydrogens is 226 g/mol. The summed E-state index contributed by atoms with van der Waals surface area (Å²) in [6, 6.07) is 7.77. The molecule has 1 N–H and O–H groups in total. The molecule has 0 radical (unpaired) electrons. The molecule has 0 saturated heterocycles. The molecule has 3 rings (SSSR count). The quantitative estimate of drug-likeness (QED) is 0.818. The predicted molar refractivity (Wildman–Crippen MR) is 70.1 cm³/mol. The Labute approximate surface area is 106 Å². The van der Waals surface area contributed by atoms with Crippen LogP contribution in [-0.2, 0) is 4.79 Å². The predicted octanol–water partition coefficient (Wildman–Crippen LogP) is 2.20. The zero-order valence-electron chi connectivity index (χ0n) is 10.2. The van der Waals surface area contributed by atoms with Gasteiger partial charge in [-0.3, -0.25) is 9.69 Å². The molecule has 0 fully saturated rings. The number of hydrogen-bond donors (Lipinski definition) is 1. The van der Waals surface area contributed by atoms with Crippen molar-refractivity contribution >= 4 is 11.6 Å². The van der Waals surface area contributed by atoms with Crippen LogP contribution in [0.5, 0.6) is 0 Å². The Morgan fingerprint density at radius 1 is 1.33 bits per heavy atom. The molecule has 2 aliphatic rings. The van der Waals surface area contributed by atoms with Crippen molar-refractivity contribution in [2.45, 2.75) is 12.8 Å². The van der Waals surface area contributed by atoms with Crippen molar-refractivity contribution in [2.24, 2.45) is 5.41 Å². The average Bonchev–Trinajstić information content (AvgIpc) is 2.40. The number of carbonyl (C=O) groups excluding carboxylic acids is 1. The summed E-state index contributed by atoms with van der Waals surface area (Å²) in [6.45, 7) is 1.65. The monoisotopic (exact) mass is 241 g/mol. The standard InChI is InChI=1S/C15H15NO2/c1-15-9-5-4-7-12(15)11-6-2-3-8-13(11)16(10-17)14(15)18/h2-9,12,17H,10H2,1H3/t12-,15-/m0/s1. The van der Waals surface area contributed by atoms with Crippen LogP contribution in [0.4, 0.5) is 5.69 Å². The van der Waals surface area contributed by atoms with Crippen LogP contribution in [0.3, 0.4) is 0 Å². The highest BCUT2D eigenvalue weighted by Crippen LogP contribution is 2.49. The zero-order valence-corrected chi connectivity index (χ0v) is 10.2. The van der Waals surface area contributed by atoms with Crippen molar-refractivity contribution in [2.75, 3.05) is 11.6 Å². The number of aliphatic hydroxyl groups is 1. The number of anilines is 1. The Morgan fingerprint density at radius 3 is 2.89 bits per heavy atom. The van der Waals surface area contributed by atoms with E-state index >= 15 is 0 Å². The van der Waals surface area contributed by atoms with E-state index in [1.807, 2.05) is 49.4 Å². The fraction of sp³-hybridized carbons (Fsp3) is 0.267. The van der Waals surface area contributed by atoms with Crippen LogP contribution in [0.15, 0.2) is 48.6 Å². The highest BCUT2D eigenvalue weighted by Gasteiger charge is 2.47. The van der Waals surface area contributed by atoms with Gasteiger partial charge in [-0.05, 0) is 18.6 Å². The molecule has 0 bridgehead atoms. The summed E-state index contributed by atoms with van der Waals surface area (Å²) in [5, 5.41) is 9.48. The van der Waals surface area contributed by atoms with Crippen molar-refractivity contribution in [3.8, 4) is 0 Å². The third-order valence-electron chi connectivity index (χ3n) is 3.91. The summed E-state index contributed by atoms with van der Waals surface area (Å²) >= 11 is 0. The van der Waals surface area contributed by atoms with Gasteiger partial charge in [0.15, 0.2) is 0 Å². The molecule has 3 nitrogen and oxygen atoms in total. The molecule has 0 aromatic heterocycles. The highest BCUT2D eigenvalue weighted by molar-refractivity contribution is 6.03. The topological polar surface area (TPSA) is 40.5 Å². The van der Waals surface area contributed by atoms with Crippen LogP contribution in [0.1, 0.15) is 18.4 Å². The van der Waals surface area contributed by atoms with Gasteiger partial charge in [0.2, 0.25) is 5.91 Å². The second kappa shape index (κ2) is 3.82. The van der Waals surface area contributed by atoms with Crippen molar-refractivity contribution in [1.82, 2.24) is 0 Å². The fourth-order valence-electron chi connectivity index (χ4n) is 2.90. The largest absolute Gasteiger partial charge is 0.376 e. The van der Waals surface area contributed by atoms with Gasteiger partial charge in [0.05, 0.1) is 5.41 Å². The number of rotatable bonds is 1. The third kappa shape index (κ3) is 1.31. The van der Waals surface area contributed by atoms with Crippen molar-refractivity contribution < 1.29 is 9.90 Å². The summed E-state index contributed by atoms with van der Waals surface area (Å²) in [5.41, 5.74) is 1.31. The number of benzene rings is 1. The van der Waals surface area contributed by atoms with E-state index in [9.17, 15) is 9.90 Å². The Hall–Kier alpha value is -1.87. The minimum absolute atomic E-state index is 0.0469. The smallest absolute Gasteiger partial charge is 0.239 e. The van der Waals surface area contributed by atoms with Crippen LogP contribution in [0.25, 0.3) is 0 Å². The SMILES string of the molecule is C[C@]12C=CC=C[C@H]1c1ccccc1N(CO)C2=O. The number of nitrogens with zero attached hydrogens (tertiary/aromatic N) is 1. The minimum atomic E-state index is -0.591. The van der Waals surface area contributed by atoms with Crippen LogP contribution in [0, 0.1) is 5.41 Å². The molecule has 1 amide bonds. The van der Waals surface area contributed by atoms with E-state index in [4.69, 9.17) is 0 Å². The Balaban J connectivity index is 2.25. The summed E-state index contributed by atoms with van der Waals surface area (Å²) in [6.07, 6.45) is 7.87. The Bertz CT molecular complexity index is 561. The van der Waals surface area contributed by atoms with Gasteiger partial charge in [-0.25, -0.2) is 0 Å². The maximum atomic E-state index is 12.6. The summed E-state index contributed by atoms with van der Waals surface area (Å²) in [5.74, 6) is 0.00306. The van der Waals surface area contributed by atoms with E-state index in [0.29, 0.717) is 0 Å². The van der Waals surface area contributed by atoms with Gasteiger partial charge in [0.25, 0.3) is 0 Å². The molecule has 1 heterocycles. The lowest BCUT2D eigenvalue weighted by molar-refractivity contribution is -0.127. The number of amides is 1. The number of allylic oxidation sites excluding steroid dienone is 3. The van der Waals surface area contributed by atoms with Gasteiger partial charge >= 0.3 is 0 Å². The number of para-hydroxylation sites is 1. The lowest BCUT2D eigenvalue weighted by atomic mass is 9.67. The van der Waals surface area contributed by atoms with Crippen molar-refractivity contribution in [3.63, 3.8) is 0 Å². The maximum absolute atomic E-state index is 12.6. The second-order valence-electron chi connectivity index (χ2n) is 4.94. The lowest BCUT2D eigenvalue weighted by Gasteiger charge is -2.44. The molecule has 1 aromatic rings. The number of hydrogen-bond acceptors (Lipinski definition) is 2. The van der Waals surface area contributed by atoms with E-state index in [1.165, 1.54) is 4.90 Å². The first kappa shape index (κ1) is 11.2. The van der Waals surface area contributed by atoms with Gasteiger partial charge in [0, 0.05) is 11.6 Å². The second-order valence-corrected chi connectivity index (χ2v) is 4.94. The van der Waals surface area contributed by atoms with Crippen LogP contribution < -0.4 is 4.90 Å². The minimum Gasteiger partial charge on any atom is -0.376 e. The van der Waals surface area contributed by atoms with Crippen LogP contribution in [0.2, 0.25) is 0 Å². The first-order chi connectivity index (χ1) is 8.68. The fourth-order valence-corrected chi connectivity index (χ4v) is 2.90. The van der Waals surface area contributed by atoms with E-state index in [2.05, 4.69) is 6.08 Å². The normalized spacial score (nSPS) is 29.1. The van der Waals surface area contributed by atoms with Gasteiger partial charge in [-0.15, -0.1) is 0 Å². The molecule has 18 heavy (non-hydrogen) atoms. The van der Waals surface area contributed by atoms with E-state index in [0.717, 1.165) is 11.3 Å². The Kier molecular flexibility index (Phi) is 2.38. The zero-order chi connectivity index (χ0) is 12.8. The molecule has 1 aliphatic carbocycles. The molecule has 0 spiro atoms. The van der Waals surface area contributed by atoms with E-state index in [1.54, 1.807) is 0 Å². The molecule has 0 unspecified atom stereocenters. The first-order valence-electron chi connectivity index (χ1n) is 6.06. The third-order valence-corrected chi connectivity index (χ3v) is 3.91. The van der Waals surface area contributed by atoms with Gasteiger partial charge in [-0.2, -0.15) is 0 Å². The molecule has 3 heteroatoms. The summed E-state index contributed by atoms with van der Waals surface area (Å²) < 4.78 is 0. The molecule has 1 aliphatic heterocycles. The van der Waals surface area contributed by atoms with Gasteiger partial charge in [-0.1, -0.05) is 42.5 Å². The molecular formula is C15H15NO2. The first-order valence-corrected chi connectivity index (χ1v) is 6.06. The average molecular weight is 241 g/mol. The summed E-state index contributed by atoms with van der Waals surface area (Å²) in [7, 11) is 0. The van der Waals surface area contributed by atoms with E-state index in [-0.39, 0.29) is 18.6 Å². The van der Waals surface area contributed by atoms with Crippen LogP contribution in [-0.4, -0.2) is 17.7 Å². The number of aliphatic hydroxyl groups excluding tert-OH is 1. The lowest BCUT2D eigenvalue weighted by Crippen LogP contribution is -2.49.